The van der Waals surface area contributed by atoms with Gasteiger partial charge < -0.3 is 4.74 Å². The molecule has 0 bridgehead atoms. The van der Waals surface area contributed by atoms with Gasteiger partial charge >= 0.3 is 6.36 Å². The number of pyridine rings is 1. The van der Waals surface area contributed by atoms with Crippen LogP contribution in [0, 0.1) is 0 Å². The lowest BCUT2D eigenvalue weighted by Gasteiger charge is -2.17. The molecular weight excluding hydrogens is 333 g/mol. The Balaban J connectivity index is 2.30. The van der Waals surface area contributed by atoms with Crippen molar-refractivity contribution < 1.29 is 26.3 Å². The highest BCUT2D eigenvalue weighted by atomic mass is 32.2. The second-order valence-corrected chi connectivity index (χ2v) is 6.30. The average molecular weight is 346 g/mol. The van der Waals surface area contributed by atoms with Crippen molar-refractivity contribution in [2.45, 2.75) is 24.2 Å². The molecule has 1 heterocycles. The third-order valence-electron chi connectivity index (χ3n) is 2.90. The van der Waals surface area contributed by atoms with Crippen molar-refractivity contribution in [2.24, 2.45) is 0 Å². The monoisotopic (exact) mass is 346 g/mol. The van der Waals surface area contributed by atoms with Gasteiger partial charge in [0.1, 0.15) is 10.6 Å². The van der Waals surface area contributed by atoms with Gasteiger partial charge in [0.2, 0.25) is 10.0 Å². The van der Waals surface area contributed by atoms with Crippen LogP contribution in [0.2, 0.25) is 0 Å². The summed E-state index contributed by atoms with van der Waals surface area (Å²) in [6.07, 6.45) is -2.01. The zero-order valence-electron chi connectivity index (χ0n) is 11.9. The van der Waals surface area contributed by atoms with E-state index in [0.29, 0.717) is 5.56 Å². The van der Waals surface area contributed by atoms with Crippen LogP contribution in [0.25, 0.3) is 0 Å². The molecular formula is C14H13F3N2O3S. The molecule has 23 heavy (non-hydrogen) atoms. The van der Waals surface area contributed by atoms with Crippen LogP contribution in [-0.4, -0.2) is 19.8 Å². The number of nitrogens with zero attached hydrogens (tertiary/aromatic N) is 1. The van der Waals surface area contributed by atoms with Crippen LogP contribution in [0.1, 0.15) is 18.5 Å². The van der Waals surface area contributed by atoms with Gasteiger partial charge in [0.05, 0.1) is 0 Å². The molecule has 1 atom stereocenters. The lowest BCUT2D eigenvalue weighted by Crippen LogP contribution is -2.28. The van der Waals surface area contributed by atoms with Crippen molar-refractivity contribution in [3.63, 3.8) is 0 Å². The van der Waals surface area contributed by atoms with Crippen LogP contribution in [0.15, 0.2) is 53.7 Å². The highest BCUT2D eigenvalue weighted by Crippen LogP contribution is 2.30. The van der Waals surface area contributed by atoms with Crippen LogP contribution < -0.4 is 9.46 Å². The first-order valence-electron chi connectivity index (χ1n) is 6.46. The van der Waals surface area contributed by atoms with Crippen molar-refractivity contribution in [1.29, 1.82) is 0 Å². The number of benzene rings is 1. The van der Waals surface area contributed by atoms with Crippen molar-refractivity contribution in [2.75, 3.05) is 0 Å². The molecule has 1 aromatic heterocycles. The van der Waals surface area contributed by atoms with E-state index in [0.717, 1.165) is 12.1 Å². The fourth-order valence-electron chi connectivity index (χ4n) is 1.90. The lowest BCUT2D eigenvalue weighted by atomic mass is 10.1. The topological polar surface area (TPSA) is 68.3 Å². The van der Waals surface area contributed by atoms with E-state index >= 15 is 0 Å². The number of halogens is 3. The fourth-order valence-corrected chi connectivity index (χ4v) is 3.26. The molecule has 1 unspecified atom stereocenters. The van der Waals surface area contributed by atoms with Gasteiger partial charge in [0, 0.05) is 18.4 Å². The molecule has 0 amide bonds. The van der Waals surface area contributed by atoms with Crippen molar-refractivity contribution in [1.82, 2.24) is 9.71 Å². The standard InChI is InChI=1S/C14H13F3N2O3S/c1-10(11-6-8-18-9-7-11)19-23(20,21)13-5-3-2-4-12(13)22-14(15,16)17/h2-10,19H,1H3. The van der Waals surface area contributed by atoms with Gasteiger partial charge in [-0.2, -0.15) is 0 Å². The molecule has 2 aromatic rings. The van der Waals surface area contributed by atoms with E-state index in [2.05, 4.69) is 14.4 Å². The van der Waals surface area contributed by atoms with E-state index in [1.54, 1.807) is 19.1 Å². The summed E-state index contributed by atoms with van der Waals surface area (Å²) < 4.78 is 68.0. The highest BCUT2D eigenvalue weighted by Gasteiger charge is 2.34. The number of hydrogen-bond acceptors (Lipinski definition) is 4. The summed E-state index contributed by atoms with van der Waals surface area (Å²) >= 11 is 0. The van der Waals surface area contributed by atoms with E-state index < -0.39 is 33.1 Å². The fraction of sp³-hybridized carbons (Fsp3) is 0.214. The molecule has 0 saturated carbocycles. The van der Waals surface area contributed by atoms with Crippen molar-refractivity contribution in [3.05, 3.63) is 54.4 Å². The number of rotatable bonds is 5. The Kier molecular flexibility index (Phi) is 4.90. The largest absolute Gasteiger partial charge is 0.573 e. The number of nitrogens with one attached hydrogen (secondary N) is 1. The predicted molar refractivity (Wildman–Crippen MR) is 76.1 cm³/mol. The normalized spacial score (nSPS) is 13.6. The van der Waals surface area contributed by atoms with Gasteiger partial charge in [0.15, 0.2) is 0 Å². The number of alkyl halides is 3. The summed E-state index contributed by atoms with van der Waals surface area (Å²) in [6.45, 7) is 1.57. The molecule has 0 aliphatic carbocycles. The zero-order chi connectivity index (χ0) is 17.1. The molecule has 0 radical (unpaired) electrons. The van der Waals surface area contributed by atoms with Gasteiger partial charge in [-0.05, 0) is 36.8 Å². The highest BCUT2D eigenvalue weighted by molar-refractivity contribution is 7.89. The lowest BCUT2D eigenvalue weighted by molar-refractivity contribution is -0.275. The van der Waals surface area contributed by atoms with Crippen LogP contribution >= 0.6 is 0 Å². The summed E-state index contributed by atoms with van der Waals surface area (Å²) in [7, 11) is -4.21. The molecule has 1 aromatic carbocycles. The van der Waals surface area contributed by atoms with Gasteiger partial charge in [0.25, 0.3) is 0 Å². The van der Waals surface area contributed by atoms with Crippen LogP contribution in [0.3, 0.4) is 0 Å². The Hall–Kier alpha value is -2.13. The van der Waals surface area contributed by atoms with Crippen molar-refractivity contribution in [3.8, 4) is 5.75 Å². The maximum atomic E-state index is 12.4. The van der Waals surface area contributed by atoms with Gasteiger partial charge in [-0.15, -0.1) is 13.2 Å². The van der Waals surface area contributed by atoms with E-state index in [-0.39, 0.29) is 0 Å². The molecule has 5 nitrogen and oxygen atoms in total. The van der Waals surface area contributed by atoms with Crippen molar-refractivity contribution >= 4 is 10.0 Å². The van der Waals surface area contributed by atoms with Gasteiger partial charge in [-0.3, -0.25) is 4.98 Å². The number of sulfonamides is 1. The number of ether oxygens (including phenoxy) is 1. The van der Waals surface area contributed by atoms with Gasteiger partial charge in [-0.25, -0.2) is 13.1 Å². The SMILES string of the molecule is CC(NS(=O)(=O)c1ccccc1OC(F)(F)F)c1ccncc1. The molecule has 0 aliphatic heterocycles. The molecule has 124 valence electrons. The third kappa shape index (κ3) is 4.67. The first-order chi connectivity index (χ1) is 10.7. The second kappa shape index (κ2) is 6.55. The van der Waals surface area contributed by atoms with E-state index in [1.807, 2.05) is 0 Å². The predicted octanol–water partition coefficient (Wildman–Crippen LogP) is 3.02. The summed E-state index contributed by atoms with van der Waals surface area (Å²) in [6, 6.07) is 7.11. The second-order valence-electron chi connectivity index (χ2n) is 4.62. The minimum absolute atomic E-state index is 0.585. The van der Waals surface area contributed by atoms with E-state index in [9.17, 15) is 21.6 Å². The molecule has 9 heteroatoms. The minimum atomic E-state index is -4.98. The van der Waals surface area contributed by atoms with Crippen LogP contribution in [0.5, 0.6) is 5.75 Å². The number of hydrogen-bond donors (Lipinski definition) is 1. The molecule has 0 spiro atoms. The Bertz CT molecular complexity index is 764. The molecule has 1 N–H and O–H groups in total. The van der Waals surface area contributed by atoms with E-state index in [4.69, 9.17) is 0 Å². The molecule has 0 fully saturated rings. The summed E-state index contributed by atoms with van der Waals surface area (Å²) in [5, 5.41) is 0. The smallest absolute Gasteiger partial charge is 0.404 e. The first-order valence-corrected chi connectivity index (χ1v) is 7.94. The molecule has 0 saturated heterocycles. The maximum Gasteiger partial charge on any atom is 0.573 e. The zero-order valence-corrected chi connectivity index (χ0v) is 12.7. The van der Waals surface area contributed by atoms with Crippen LogP contribution in [0.4, 0.5) is 13.2 Å². The number of aromatic nitrogens is 1. The minimum Gasteiger partial charge on any atom is -0.404 e. The first kappa shape index (κ1) is 17.2. The summed E-state index contributed by atoms with van der Waals surface area (Å²) in [4.78, 5) is 3.23. The molecule has 2 rings (SSSR count). The van der Waals surface area contributed by atoms with Gasteiger partial charge in [-0.1, -0.05) is 12.1 Å². The van der Waals surface area contributed by atoms with E-state index in [1.165, 1.54) is 24.5 Å². The number of para-hydroxylation sites is 1. The third-order valence-corrected chi connectivity index (χ3v) is 4.48. The Morgan fingerprint density at radius 1 is 1.13 bits per heavy atom. The quantitative estimate of drug-likeness (QED) is 0.904. The Labute approximate surface area is 131 Å². The Morgan fingerprint density at radius 2 is 1.74 bits per heavy atom. The van der Waals surface area contributed by atoms with Crippen LogP contribution in [-0.2, 0) is 10.0 Å². The summed E-state index contributed by atoms with van der Waals surface area (Å²) in [5.74, 6) is -0.783. The summed E-state index contributed by atoms with van der Waals surface area (Å²) in [5.41, 5.74) is 0.623. The maximum absolute atomic E-state index is 12.4. The molecule has 0 aliphatic rings. The Morgan fingerprint density at radius 3 is 2.35 bits per heavy atom. The average Bonchev–Trinajstić information content (AvgIpc) is 2.46.